The van der Waals surface area contributed by atoms with Crippen molar-refractivity contribution in [1.29, 1.82) is 0 Å². The summed E-state index contributed by atoms with van der Waals surface area (Å²) >= 11 is 0. The third-order valence-electron chi connectivity index (χ3n) is 4.35. The molecule has 110 valence electrons. The Bertz CT molecular complexity index is 462. The highest BCUT2D eigenvalue weighted by molar-refractivity contribution is 5.25. The molecule has 1 N–H and O–H groups in total. The maximum absolute atomic E-state index is 12.6. The summed E-state index contributed by atoms with van der Waals surface area (Å²) in [7, 11) is 0. The number of halogens is 3. The molecular formula is C15H18F3NO. The highest BCUT2D eigenvalue weighted by Gasteiger charge is 2.37. The Balaban J connectivity index is 1.56. The van der Waals surface area contributed by atoms with Gasteiger partial charge in [0.05, 0.1) is 18.3 Å². The number of hydrogen-bond acceptors (Lipinski definition) is 2. The lowest BCUT2D eigenvalue weighted by Crippen LogP contribution is -2.16. The molecule has 0 amide bonds. The fourth-order valence-corrected chi connectivity index (χ4v) is 3.30. The summed E-state index contributed by atoms with van der Waals surface area (Å²) in [6, 6.07) is 5.40. The van der Waals surface area contributed by atoms with Gasteiger partial charge >= 0.3 is 6.18 Å². The van der Waals surface area contributed by atoms with E-state index in [4.69, 9.17) is 4.74 Å². The molecule has 2 nitrogen and oxygen atoms in total. The number of hydrogen-bond donors (Lipinski definition) is 1. The van der Waals surface area contributed by atoms with Crippen molar-refractivity contribution in [3.63, 3.8) is 0 Å². The maximum atomic E-state index is 12.6. The number of alkyl halides is 3. The SMILES string of the molecule is FC(F)(F)c1cccc(CO[C@H]2C[C@H]3CNC[C@H]3C2)c1. The Morgan fingerprint density at radius 2 is 1.85 bits per heavy atom. The van der Waals surface area contributed by atoms with E-state index in [0.717, 1.165) is 32.0 Å². The molecule has 0 spiro atoms. The predicted molar refractivity (Wildman–Crippen MR) is 69.1 cm³/mol. The molecule has 1 saturated carbocycles. The van der Waals surface area contributed by atoms with Crippen LogP contribution in [0.25, 0.3) is 0 Å². The minimum absolute atomic E-state index is 0.196. The first-order valence-electron chi connectivity index (χ1n) is 7.01. The van der Waals surface area contributed by atoms with Gasteiger partial charge in [-0.3, -0.25) is 0 Å². The first-order chi connectivity index (χ1) is 9.52. The van der Waals surface area contributed by atoms with Crippen molar-refractivity contribution >= 4 is 0 Å². The second kappa shape index (κ2) is 5.37. The number of benzene rings is 1. The van der Waals surface area contributed by atoms with Crippen LogP contribution in [0.5, 0.6) is 0 Å². The fraction of sp³-hybridized carbons (Fsp3) is 0.600. The normalized spacial score (nSPS) is 29.6. The van der Waals surface area contributed by atoms with Gasteiger partial charge in [0.25, 0.3) is 0 Å². The van der Waals surface area contributed by atoms with E-state index in [2.05, 4.69) is 5.32 Å². The zero-order valence-electron chi connectivity index (χ0n) is 11.1. The molecule has 0 radical (unpaired) electrons. The largest absolute Gasteiger partial charge is 0.416 e. The van der Waals surface area contributed by atoms with E-state index in [9.17, 15) is 13.2 Å². The Labute approximate surface area is 116 Å². The van der Waals surface area contributed by atoms with Gasteiger partial charge in [-0.25, -0.2) is 0 Å². The Morgan fingerprint density at radius 1 is 1.15 bits per heavy atom. The Morgan fingerprint density at radius 3 is 2.50 bits per heavy atom. The zero-order chi connectivity index (χ0) is 14.2. The van der Waals surface area contributed by atoms with Crippen LogP contribution in [0.4, 0.5) is 13.2 Å². The highest BCUT2D eigenvalue weighted by atomic mass is 19.4. The molecule has 1 aromatic rings. The van der Waals surface area contributed by atoms with E-state index < -0.39 is 11.7 Å². The van der Waals surface area contributed by atoms with Crippen LogP contribution in [-0.4, -0.2) is 19.2 Å². The standard InChI is InChI=1S/C15H18F3NO/c16-15(17,18)13-3-1-2-10(4-13)9-20-14-5-11-7-19-8-12(11)6-14/h1-4,11-12,14,19H,5-9H2/t11-,12+,14-. The third-order valence-corrected chi connectivity index (χ3v) is 4.35. The number of ether oxygens (including phenoxy) is 1. The summed E-state index contributed by atoms with van der Waals surface area (Å²) in [5.74, 6) is 1.36. The van der Waals surface area contributed by atoms with Gasteiger partial charge in [0.2, 0.25) is 0 Å². The first kappa shape index (κ1) is 13.9. The van der Waals surface area contributed by atoms with Crippen LogP contribution < -0.4 is 5.32 Å². The Hall–Kier alpha value is -1.07. The third kappa shape index (κ3) is 2.99. The van der Waals surface area contributed by atoms with Crippen molar-refractivity contribution in [3.05, 3.63) is 35.4 Å². The molecule has 2 aliphatic rings. The smallest absolute Gasteiger partial charge is 0.374 e. The molecule has 1 aromatic carbocycles. The molecule has 2 fully saturated rings. The fourth-order valence-electron chi connectivity index (χ4n) is 3.30. The Kier molecular flexibility index (Phi) is 3.73. The van der Waals surface area contributed by atoms with Crippen LogP contribution in [-0.2, 0) is 17.5 Å². The van der Waals surface area contributed by atoms with E-state index in [0.29, 0.717) is 17.4 Å². The lowest BCUT2D eigenvalue weighted by atomic mass is 10.0. The van der Waals surface area contributed by atoms with Crippen molar-refractivity contribution in [3.8, 4) is 0 Å². The monoisotopic (exact) mass is 285 g/mol. The van der Waals surface area contributed by atoms with Gasteiger partial charge in [-0.2, -0.15) is 13.2 Å². The molecule has 0 unspecified atom stereocenters. The van der Waals surface area contributed by atoms with E-state index in [1.807, 2.05) is 0 Å². The molecular weight excluding hydrogens is 267 g/mol. The quantitative estimate of drug-likeness (QED) is 0.920. The van der Waals surface area contributed by atoms with Crippen LogP contribution in [0.1, 0.15) is 24.0 Å². The second-order valence-electron chi connectivity index (χ2n) is 5.78. The highest BCUT2D eigenvalue weighted by Crippen LogP contribution is 2.36. The van der Waals surface area contributed by atoms with Crippen LogP contribution in [0.15, 0.2) is 24.3 Å². The van der Waals surface area contributed by atoms with Crippen molar-refractivity contribution < 1.29 is 17.9 Å². The van der Waals surface area contributed by atoms with E-state index in [1.54, 1.807) is 6.07 Å². The van der Waals surface area contributed by atoms with Gasteiger partial charge in [-0.15, -0.1) is 0 Å². The molecule has 1 saturated heterocycles. The van der Waals surface area contributed by atoms with Crippen LogP contribution in [0.2, 0.25) is 0 Å². The maximum Gasteiger partial charge on any atom is 0.416 e. The van der Waals surface area contributed by atoms with Crippen molar-refractivity contribution in [2.24, 2.45) is 11.8 Å². The molecule has 20 heavy (non-hydrogen) atoms. The van der Waals surface area contributed by atoms with Crippen molar-refractivity contribution in [2.45, 2.75) is 31.7 Å². The van der Waals surface area contributed by atoms with Crippen molar-refractivity contribution in [2.75, 3.05) is 13.1 Å². The minimum Gasteiger partial charge on any atom is -0.374 e. The summed E-state index contributed by atoms with van der Waals surface area (Å²) in [4.78, 5) is 0. The molecule has 1 aliphatic carbocycles. The average Bonchev–Trinajstić information content (AvgIpc) is 2.96. The van der Waals surface area contributed by atoms with E-state index in [1.165, 1.54) is 12.1 Å². The van der Waals surface area contributed by atoms with E-state index >= 15 is 0 Å². The molecule has 3 rings (SSSR count). The molecule has 5 heteroatoms. The van der Waals surface area contributed by atoms with Gasteiger partial charge in [0, 0.05) is 0 Å². The summed E-state index contributed by atoms with van der Waals surface area (Å²) in [5.41, 5.74) is -0.0129. The van der Waals surface area contributed by atoms with E-state index in [-0.39, 0.29) is 12.7 Å². The summed E-state index contributed by atoms with van der Waals surface area (Å²) in [6.07, 6.45) is -2.04. The van der Waals surface area contributed by atoms with Gasteiger partial charge in [0.15, 0.2) is 0 Å². The second-order valence-corrected chi connectivity index (χ2v) is 5.78. The van der Waals surface area contributed by atoms with Crippen molar-refractivity contribution in [1.82, 2.24) is 5.32 Å². The zero-order valence-corrected chi connectivity index (χ0v) is 11.1. The topological polar surface area (TPSA) is 21.3 Å². The lowest BCUT2D eigenvalue weighted by molar-refractivity contribution is -0.137. The summed E-state index contributed by atoms with van der Waals surface area (Å²) < 4.78 is 43.6. The molecule has 3 atom stereocenters. The minimum atomic E-state index is -4.29. The molecule has 0 bridgehead atoms. The molecule has 1 heterocycles. The van der Waals surface area contributed by atoms with Gasteiger partial charge < -0.3 is 10.1 Å². The number of rotatable bonds is 3. The molecule has 1 aliphatic heterocycles. The van der Waals surface area contributed by atoms with Gasteiger partial charge in [-0.05, 0) is 55.5 Å². The summed E-state index contributed by atoms with van der Waals surface area (Å²) in [6.45, 7) is 2.36. The molecule has 0 aromatic heterocycles. The predicted octanol–water partition coefficient (Wildman–Crippen LogP) is 3.22. The van der Waals surface area contributed by atoms with Gasteiger partial charge in [0.1, 0.15) is 0 Å². The number of nitrogens with one attached hydrogen (secondary N) is 1. The summed E-state index contributed by atoms with van der Waals surface area (Å²) in [5, 5.41) is 3.36. The van der Waals surface area contributed by atoms with Gasteiger partial charge in [-0.1, -0.05) is 12.1 Å². The number of fused-ring (bicyclic) bond motifs is 1. The first-order valence-corrected chi connectivity index (χ1v) is 7.01. The average molecular weight is 285 g/mol. The lowest BCUT2D eigenvalue weighted by Gasteiger charge is -2.14. The van der Waals surface area contributed by atoms with Crippen LogP contribution in [0.3, 0.4) is 0 Å². The van der Waals surface area contributed by atoms with Crippen LogP contribution in [0, 0.1) is 11.8 Å². The van der Waals surface area contributed by atoms with Crippen LogP contribution >= 0.6 is 0 Å².